The van der Waals surface area contributed by atoms with E-state index >= 15 is 0 Å². The molecule has 4 nitrogen and oxygen atoms in total. The van der Waals surface area contributed by atoms with Crippen LogP contribution >= 0.6 is 15.9 Å². The lowest BCUT2D eigenvalue weighted by atomic mass is 10.0. The second-order valence-corrected chi connectivity index (χ2v) is 5.80. The van der Waals surface area contributed by atoms with Crippen LogP contribution in [-0.2, 0) is 9.53 Å². The molecule has 0 spiro atoms. The van der Waals surface area contributed by atoms with Crippen molar-refractivity contribution < 1.29 is 14.3 Å². The Bertz CT molecular complexity index is 713. The molecule has 0 aromatic heterocycles. The Balaban J connectivity index is 1.93. The Kier molecular flexibility index (Phi) is 5.33. The highest BCUT2D eigenvalue weighted by Crippen LogP contribution is 2.16. The average Bonchev–Trinajstić information content (AvgIpc) is 2.47. The third kappa shape index (κ3) is 4.18. The molecule has 0 heterocycles. The summed E-state index contributed by atoms with van der Waals surface area (Å²) >= 11 is 3.32. The summed E-state index contributed by atoms with van der Waals surface area (Å²) in [6.07, 6.45) is 0. The maximum atomic E-state index is 12.0. The van der Waals surface area contributed by atoms with Crippen molar-refractivity contribution in [1.82, 2.24) is 0 Å². The third-order valence-corrected chi connectivity index (χ3v) is 3.76. The molecule has 5 heteroatoms. The van der Waals surface area contributed by atoms with Crippen molar-refractivity contribution in [2.45, 2.75) is 13.8 Å². The molecule has 0 atom stereocenters. The smallest absolute Gasteiger partial charge is 0.338 e. The number of esters is 1. The zero-order valence-electron chi connectivity index (χ0n) is 12.4. The van der Waals surface area contributed by atoms with Crippen molar-refractivity contribution in [1.29, 1.82) is 0 Å². The standard InChI is InChI=1S/C17H16BrNO3/c1-11-5-3-8-15(12(11)2)17(21)22-10-16(20)19-14-7-4-6-13(18)9-14/h3-9H,10H2,1-2H3,(H,19,20). The Morgan fingerprint density at radius 1 is 1.14 bits per heavy atom. The topological polar surface area (TPSA) is 55.4 Å². The summed E-state index contributed by atoms with van der Waals surface area (Å²) in [5.74, 6) is -0.873. The lowest BCUT2D eigenvalue weighted by Gasteiger charge is -2.09. The SMILES string of the molecule is Cc1cccc(C(=O)OCC(=O)Nc2cccc(Br)c2)c1C. The first-order valence-electron chi connectivity index (χ1n) is 6.76. The Morgan fingerprint density at radius 2 is 1.86 bits per heavy atom. The predicted molar refractivity (Wildman–Crippen MR) is 89.0 cm³/mol. The second kappa shape index (κ2) is 7.22. The van der Waals surface area contributed by atoms with Gasteiger partial charge in [0.2, 0.25) is 0 Å². The molecular formula is C17H16BrNO3. The minimum Gasteiger partial charge on any atom is -0.452 e. The molecule has 0 aliphatic rings. The fraction of sp³-hybridized carbons (Fsp3) is 0.176. The summed E-state index contributed by atoms with van der Waals surface area (Å²) in [5.41, 5.74) is 2.99. The van der Waals surface area contributed by atoms with Gasteiger partial charge in [0.1, 0.15) is 0 Å². The van der Waals surface area contributed by atoms with Gasteiger partial charge in [-0.05, 0) is 49.2 Å². The number of nitrogens with one attached hydrogen (secondary N) is 1. The molecule has 1 N–H and O–H groups in total. The number of benzene rings is 2. The normalized spacial score (nSPS) is 10.1. The van der Waals surface area contributed by atoms with Crippen LogP contribution in [0, 0.1) is 13.8 Å². The van der Waals surface area contributed by atoms with Crippen LogP contribution in [0.4, 0.5) is 5.69 Å². The predicted octanol–water partition coefficient (Wildman–Crippen LogP) is 3.86. The summed E-state index contributed by atoms with van der Waals surface area (Å²) < 4.78 is 5.92. The fourth-order valence-corrected chi connectivity index (χ4v) is 2.34. The molecule has 0 radical (unpaired) electrons. The van der Waals surface area contributed by atoms with Gasteiger partial charge >= 0.3 is 5.97 Å². The van der Waals surface area contributed by atoms with Crippen molar-refractivity contribution in [2.75, 3.05) is 11.9 Å². The van der Waals surface area contributed by atoms with Gasteiger partial charge in [0.25, 0.3) is 5.91 Å². The minimum atomic E-state index is -0.495. The molecule has 0 aliphatic heterocycles. The molecule has 2 aromatic carbocycles. The first-order valence-corrected chi connectivity index (χ1v) is 7.55. The maximum absolute atomic E-state index is 12.0. The Labute approximate surface area is 137 Å². The highest BCUT2D eigenvalue weighted by molar-refractivity contribution is 9.10. The number of ether oxygens (including phenoxy) is 1. The number of amides is 1. The van der Waals surface area contributed by atoms with Gasteiger partial charge in [-0.2, -0.15) is 0 Å². The number of halogens is 1. The van der Waals surface area contributed by atoms with Crippen LogP contribution in [0.1, 0.15) is 21.5 Å². The molecule has 114 valence electrons. The van der Waals surface area contributed by atoms with Crippen LogP contribution in [0.3, 0.4) is 0 Å². The number of hydrogen-bond acceptors (Lipinski definition) is 3. The maximum Gasteiger partial charge on any atom is 0.338 e. The van der Waals surface area contributed by atoms with E-state index in [0.717, 1.165) is 15.6 Å². The molecule has 0 saturated heterocycles. The lowest BCUT2D eigenvalue weighted by Crippen LogP contribution is -2.21. The number of aryl methyl sites for hydroxylation is 1. The van der Waals surface area contributed by atoms with E-state index in [0.29, 0.717) is 11.3 Å². The molecule has 0 unspecified atom stereocenters. The van der Waals surface area contributed by atoms with Gasteiger partial charge in [0.05, 0.1) is 5.56 Å². The van der Waals surface area contributed by atoms with Crippen molar-refractivity contribution in [3.05, 3.63) is 63.6 Å². The average molecular weight is 362 g/mol. The van der Waals surface area contributed by atoms with Gasteiger partial charge in [-0.3, -0.25) is 4.79 Å². The fourth-order valence-electron chi connectivity index (χ4n) is 1.94. The molecule has 1 amide bonds. The number of carbonyl (C=O) groups excluding carboxylic acids is 2. The zero-order valence-corrected chi connectivity index (χ0v) is 13.9. The van der Waals surface area contributed by atoms with Crippen LogP contribution in [-0.4, -0.2) is 18.5 Å². The van der Waals surface area contributed by atoms with E-state index in [4.69, 9.17) is 4.74 Å². The molecule has 0 fully saturated rings. The molecule has 0 saturated carbocycles. The monoisotopic (exact) mass is 361 g/mol. The summed E-state index contributed by atoms with van der Waals surface area (Å²) in [7, 11) is 0. The summed E-state index contributed by atoms with van der Waals surface area (Å²) in [6, 6.07) is 12.6. The van der Waals surface area contributed by atoms with Crippen molar-refractivity contribution in [3.63, 3.8) is 0 Å². The van der Waals surface area contributed by atoms with Gasteiger partial charge < -0.3 is 10.1 Å². The van der Waals surface area contributed by atoms with E-state index in [-0.39, 0.29) is 12.5 Å². The van der Waals surface area contributed by atoms with E-state index in [9.17, 15) is 9.59 Å². The molecule has 0 aliphatic carbocycles. The largest absolute Gasteiger partial charge is 0.452 e. The Hall–Kier alpha value is -2.14. The highest BCUT2D eigenvalue weighted by atomic mass is 79.9. The molecular weight excluding hydrogens is 346 g/mol. The summed E-state index contributed by atoms with van der Waals surface area (Å²) in [6.45, 7) is 3.46. The van der Waals surface area contributed by atoms with Gasteiger partial charge in [-0.25, -0.2) is 4.79 Å². The van der Waals surface area contributed by atoms with Gasteiger partial charge in [0.15, 0.2) is 6.61 Å². The second-order valence-electron chi connectivity index (χ2n) is 4.88. The summed E-state index contributed by atoms with van der Waals surface area (Å²) in [4.78, 5) is 23.8. The van der Waals surface area contributed by atoms with Crippen molar-refractivity contribution in [2.24, 2.45) is 0 Å². The molecule has 22 heavy (non-hydrogen) atoms. The number of anilines is 1. The van der Waals surface area contributed by atoms with Crippen LogP contribution in [0.15, 0.2) is 46.9 Å². The molecule has 0 bridgehead atoms. The Morgan fingerprint density at radius 3 is 2.59 bits per heavy atom. The van der Waals surface area contributed by atoms with E-state index in [2.05, 4.69) is 21.2 Å². The lowest BCUT2D eigenvalue weighted by molar-refractivity contribution is -0.119. The number of rotatable bonds is 4. The number of carbonyl (C=O) groups is 2. The summed E-state index contributed by atoms with van der Waals surface area (Å²) in [5, 5.41) is 2.67. The first-order chi connectivity index (χ1) is 10.5. The van der Waals surface area contributed by atoms with Gasteiger partial charge in [0, 0.05) is 10.2 Å². The van der Waals surface area contributed by atoms with Gasteiger partial charge in [-0.15, -0.1) is 0 Å². The minimum absolute atomic E-state index is 0.321. The molecule has 2 rings (SSSR count). The van der Waals surface area contributed by atoms with Crippen molar-refractivity contribution in [3.8, 4) is 0 Å². The van der Waals surface area contributed by atoms with Crippen LogP contribution in [0.25, 0.3) is 0 Å². The zero-order chi connectivity index (χ0) is 16.1. The third-order valence-electron chi connectivity index (χ3n) is 3.27. The van der Waals surface area contributed by atoms with Crippen LogP contribution < -0.4 is 5.32 Å². The molecule has 2 aromatic rings. The van der Waals surface area contributed by atoms with Gasteiger partial charge in [-0.1, -0.05) is 34.1 Å². The number of hydrogen-bond donors (Lipinski definition) is 1. The van der Waals surface area contributed by atoms with E-state index in [1.165, 1.54) is 0 Å². The van der Waals surface area contributed by atoms with Crippen molar-refractivity contribution >= 4 is 33.5 Å². The first kappa shape index (κ1) is 16.2. The quantitative estimate of drug-likeness (QED) is 0.841. The highest BCUT2D eigenvalue weighted by Gasteiger charge is 2.13. The van der Waals surface area contributed by atoms with E-state index in [1.807, 2.05) is 32.0 Å². The van der Waals surface area contributed by atoms with Crippen LogP contribution in [0.5, 0.6) is 0 Å². The van der Waals surface area contributed by atoms with E-state index in [1.54, 1.807) is 24.3 Å². The van der Waals surface area contributed by atoms with Crippen LogP contribution in [0.2, 0.25) is 0 Å². The van der Waals surface area contributed by atoms with E-state index < -0.39 is 5.97 Å².